The van der Waals surface area contributed by atoms with Crippen LogP contribution in [0.2, 0.25) is 5.02 Å². The van der Waals surface area contributed by atoms with Gasteiger partial charge >= 0.3 is 0 Å². The van der Waals surface area contributed by atoms with Gasteiger partial charge in [0.25, 0.3) is 0 Å². The minimum Gasteiger partial charge on any atom is -0.352 e. The Kier molecular flexibility index (Phi) is 11.4. The zero-order chi connectivity index (χ0) is 25.9. The van der Waals surface area contributed by atoms with Crippen LogP contribution in [0, 0.1) is 0 Å². The number of carbonyl (C=O) groups excluding carboxylic acids is 2. The third-order valence-corrected chi connectivity index (χ3v) is 7.71. The molecule has 0 radical (unpaired) electrons. The number of thioether (sulfide) groups is 1. The molecule has 2 unspecified atom stereocenters. The van der Waals surface area contributed by atoms with Gasteiger partial charge in [0.05, 0.1) is 5.75 Å². The molecule has 3 aromatic carbocycles. The summed E-state index contributed by atoms with van der Waals surface area (Å²) in [6.45, 7) is 4.35. The van der Waals surface area contributed by atoms with Gasteiger partial charge in [-0.15, -0.1) is 11.8 Å². The fourth-order valence-corrected chi connectivity index (χ4v) is 4.96. The fourth-order valence-electron chi connectivity index (χ4n) is 3.70. The molecule has 0 fully saturated rings. The van der Waals surface area contributed by atoms with Crippen LogP contribution in [-0.2, 0) is 28.3 Å². The van der Waals surface area contributed by atoms with Crippen molar-refractivity contribution in [2.45, 2.75) is 51.1 Å². The molecule has 7 heteroatoms. The van der Waals surface area contributed by atoms with Gasteiger partial charge in [0.1, 0.15) is 6.04 Å². The highest BCUT2D eigenvalue weighted by Gasteiger charge is 2.30. The molecule has 0 aliphatic carbocycles. The number of amides is 2. The number of benzene rings is 3. The number of halogens is 2. The lowest BCUT2D eigenvalue weighted by Gasteiger charge is -2.32. The van der Waals surface area contributed by atoms with Crippen LogP contribution in [0.25, 0.3) is 0 Å². The smallest absolute Gasteiger partial charge is 0.243 e. The van der Waals surface area contributed by atoms with Gasteiger partial charge < -0.3 is 10.2 Å². The van der Waals surface area contributed by atoms with Gasteiger partial charge in [-0.25, -0.2) is 0 Å². The summed E-state index contributed by atoms with van der Waals surface area (Å²) in [5.74, 6) is 0.808. The van der Waals surface area contributed by atoms with E-state index in [1.54, 1.807) is 16.7 Å². The van der Waals surface area contributed by atoms with E-state index in [-0.39, 0.29) is 23.6 Å². The second kappa shape index (κ2) is 14.5. The molecule has 0 aliphatic heterocycles. The average molecular weight is 588 g/mol. The predicted molar refractivity (Wildman–Crippen MR) is 154 cm³/mol. The van der Waals surface area contributed by atoms with Crippen LogP contribution in [0.15, 0.2) is 83.3 Å². The Hall–Kier alpha value is -2.28. The lowest BCUT2D eigenvalue weighted by molar-refractivity contribution is -0.139. The van der Waals surface area contributed by atoms with Crippen molar-refractivity contribution in [3.63, 3.8) is 0 Å². The Bertz CT molecular complexity index is 1110. The van der Waals surface area contributed by atoms with E-state index in [2.05, 4.69) is 21.2 Å². The van der Waals surface area contributed by atoms with Gasteiger partial charge in [-0.2, -0.15) is 0 Å². The van der Waals surface area contributed by atoms with Gasteiger partial charge in [0.2, 0.25) is 11.8 Å². The molecule has 2 atom stereocenters. The molecule has 0 saturated heterocycles. The van der Waals surface area contributed by atoms with Gasteiger partial charge in [-0.1, -0.05) is 89.1 Å². The van der Waals surface area contributed by atoms with E-state index in [0.29, 0.717) is 18.0 Å². The van der Waals surface area contributed by atoms with Crippen molar-refractivity contribution in [2.24, 2.45) is 0 Å². The molecule has 0 bridgehead atoms. The highest BCUT2D eigenvalue weighted by molar-refractivity contribution is 9.10. The largest absolute Gasteiger partial charge is 0.352 e. The highest BCUT2D eigenvalue weighted by atomic mass is 79.9. The molecule has 0 saturated carbocycles. The Balaban J connectivity index is 1.84. The summed E-state index contributed by atoms with van der Waals surface area (Å²) in [7, 11) is 0. The first kappa shape index (κ1) is 28.3. The summed E-state index contributed by atoms with van der Waals surface area (Å²) in [6, 6.07) is 24.8. The minimum atomic E-state index is -0.627. The summed E-state index contributed by atoms with van der Waals surface area (Å²) in [4.78, 5) is 28.9. The summed E-state index contributed by atoms with van der Waals surface area (Å²) < 4.78 is 1.03. The third kappa shape index (κ3) is 8.99. The average Bonchev–Trinajstić information content (AvgIpc) is 2.88. The zero-order valence-corrected chi connectivity index (χ0v) is 23.8. The van der Waals surface area contributed by atoms with Gasteiger partial charge in [0, 0.05) is 34.3 Å². The van der Waals surface area contributed by atoms with Crippen molar-refractivity contribution < 1.29 is 9.59 Å². The van der Waals surface area contributed by atoms with Crippen molar-refractivity contribution in [1.82, 2.24) is 10.2 Å². The van der Waals surface area contributed by atoms with E-state index < -0.39 is 6.04 Å². The van der Waals surface area contributed by atoms with Crippen molar-refractivity contribution in [3.05, 3.63) is 105 Å². The second-order valence-corrected chi connectivity index (χ2v) is 11.1. The molecular formula is C29H32BrClN2O2S. The van der Waals surface area contributed by atoms with Gasteiger partial charge in [0.15, 0.2) is 0 Å². The van der Waals surface area contributed by atoms with E-state index in [9.17, 15) is 9.59 Å². The molecule has 0 aliphatic rings. The quantitative estimate of drug-likeness (QED) is 0.251. The Labute approximate surface area is 231 Å². The SMILES string of the molecule is CCC(C)NC(=O)C(Cc1ccccc1)N(Cc1ccc(Cl)cc1)C(=O)CSCc1ccc(Br)cc1. The molecule has 3 aromatic rings. The maximum absolute atomic E-state index is 13.6. The predicted octanol–water partition coefficient (Wildman–Crippen LogP) is 6.89. The summed E-state index contributed by atoms with van der Waals surface area (Å²) in [6.07, 6.45) is 1.26. The topological polar surface area (TPSA) is 49.4 Å². The Morgan fingerprint density at radius 3 is 2.22 bits per heavy atom. The second-order valence-electron chi connectivity index (χ2n) is 8.79. The first-order chi connectivity index (χ1) is 17.4. The number of nitrogens with zero attached hydrogens (tertiary/aromatic N) is 1. The third-order valence-electron chi connectivity index (χ3n) is 5.95. The Morgan fingerprint density at radius 2 is 1.58 bits per heavy atom. The highest BCUT2D eigenvalue weighted by Crippen LogP contribution is 2.20. The molecule has 1 N–H and O–H groups in total. The molecule has 0 aromatic heterocycles. The minimum absolute atomic E-state index is 0.0232. The van der Waals surface area contributed by atoms with Crippen LogP contribution in [0.1, 0.15) is 37.0 Å². The van der Waals surface area contributed by atoms with Crippen LogP contribution in [0.4, 0.5) is 0 Å². The van der Waals surface area contributed by atoms with Crippen LogP contribution in [-0.4, -0.2) is 34.6 Å². The van der Waals surface area contributed by atoms with E-state index >= 15 is 0 Å². The molecule has 0 spiro atoms. The Morgan fingerprint density at radius 1 is 0.944 bits per heavy atom. The molecule has 190 valence electrons. The fraction of sp³-hybridized carbons (Fsp3) is 0.310. The number of hydrogen-bond donors (Lipinski definition) is 1. The van der Waals surface area contributed by atoms with Crippen molar-refractivity contribution in [2.75, 3.05) is 5.75 Å². The summed E-state index contributed by atoms with van der Waals surface area (Å²) in [5.41, 5.74) is 3.09. The van der Waals surface area contributed by atoms with Crippen molar-refractivity contribution in [1.29, 1.82) is 0 Å². The summed E-state index contributed by atoms with van der Waals surface area (Å²) >= 11 is 11.1. The standard InChI is InChI=1S/C29H32BrClN2O2S/c1-3-21(2)32-29(35)27(17-22-7-5-4-6-8-22)33(18-23-11-15-26(31)16-12-23)28(34)20-36-19-24-9-13-25(30)14-10-24/h4-16,21,27H,3,17-20H2,1-2H3,(H,32,35). The molecule has 4 nitrogen and oxygen atoms in total. The van der Waals surface area contributed by atoms with Crippen molar-refractivity contribution >= 4 is 51.1 Å². The normalized spacial score (nSPS) is 12.6. The maximum Gasteiger partial charge on any atom is 0.243 e. The van der Waals surface area contributed by atoms with E-state index in [0.717, 1.165) is 33.3 Å². The van der Waals surface area contributed by atoms with E-state index in [4.69, 9.17) is 11.6 Å². The molecule has 2 amide bonds. The van der Waals surface area contributed by atoms with Gasteiger partial charge in [-0.3, -0.25) is 9.59 Å². The monoisotopic (exact) mass is 586 g/mol. The zero-order valence-electron chi connectivity index (χ0n) is 20.6. The number of hydrogen-bond acceptors (Lipinski definition) is 3. The number of nitrogens with one attached hydrogen (secondary N) is 1. The number of rotatable bonds is 12. The van der Waals surface area contributed by atoms with E-state index in [1.165, 1.54) is 0 Å². The van der Waals surface area contributed by atoms with Crippen LogP contribution >= 0.6 is 39.3 Å². The molecule has 0 heterocycles. The first-order valence-electron chi connectivity index (χ1n) is 12.1. The lowest BCUT2D eigenvalue weighted by atomic mass is 10.0. The molecular weight excluding hydrogens is 556 g/mol. The molecule has 36 heavy (non-hydrogen) atoms. The maximum atomic E-state index is 13.6. The summed E-state index contributed by atoms with van der Waals surface area (Å²) in [5, 5.41) is 3.74. The van der Waals surface area contributed by atoms with Crippen LogP contribution in [0.3, 0.4) is 0 Å². The van der Waals surface area contributed by atoms with Crippen LogP contribution in [0.5, 0.6) is 0 Å². The lowest BCUT2D eigenvalue weighted by Crippen LogP contribution is -2.52. The first-order valence-corrected chi connectivity index (χ1v) is 14.4. The van der Waals surface area contributed by atoms with Crippen LogP contribution < -0.4 is 5.32 Å². The van der Waals surface area contributed by atoms with Gasteiger partial charge in [-0.05, 0) is 54.3 Å². The molecule has 3 rings (SSSR count). The number of carbonyl (C=O) groups is 2. The van der Waals surface area contributed by atoms with E-state index in [1.807, 2.05) is 92.7 Å². The van der Waals surface area contributed by atoms with Crippen molar-refractivity contribution in [3.8, 4) is 0 Å².